The van der Waals surface area contributed by atoms with Gasteiger partial charge in [0, 0.05) is 25.2 Å². The minimum Gasteiger partial charge on any atom is -0.355 e. The van der Waals surface area contributed by atoms with Gasteiger partial charge in [-0.05, 0) is 49.2 Å². The first kappa shape index (κ1) is 22.0. The lowest BCUT2D eigenvalue weighted by atomic mass is 10.1. The van der Waals surface area contributed by atoms with E-state index in [1.807, 2.05) is 61.5 Å². The highest BCUT2D eigenvalue weighted by atomic mass is 16.2. The second-order valence-electron chi connectivity index (χ2n) is 7.91. The van der Waals surface area contributed by atoms with Gasteiger partial charge < -0.3 is 15.1 Å². The van der Waals surface area contributed by atoms with Crippen LogP contribution in [0.3, 0.4) is 0 Å². The summed E-state index contributed by atoms with van der Waals surface area (Å²) < 4.78 is 0. The van der Waals surface area contributed by atoms with Crippen molar-refractivity contribution in [2.24, 2.45) is 0 Å². The van der Waals surface area contributed by atoms with E-state index >= 15 is 0 Å². The zero-order valence-electron chi connectivity index (χ0n) is 18.0. The fraction of sp³-hybridized carbons (Fsp3) is 0.440. The van der Waals surface area contributed by atoms with Crippen LogP contribution >= 0.6 is 0 Å². The molecule has 0 bridgehead atoms. The summed E-state index contributed by atoms with van der Waals surface area (Å²) in [6.45, 7) is 6.35. The van der Waals surface area contributed by atoms with Crippen LogP contribution in [0.4, 0.5) is 5.69 Å². The van der Waals surface area contributed by atoms with Gasteiger partial charge >= 0.3 is 0 Å². The van der Waals surface area contributed by atoms with Crippen LogP contribution in [0, 0.1) is 0 Å². The van der Waals surface area contributed by atoms with Crippen LogP contribution in [0.15, 0.2) is 54.6 Å². The summed E-state index contributed by atoms with van der Waals surface area (Å²) in [5.41, 5.74) is 2.91. The van der Waals surface area contributed by atoms with Crippen molar-refractivity contribution < 1.29 is 9.59 Å². The Morgan fingerprint density at radius 2 is 1.63 bits per heavy atom. The lowest BCUT2D eigenvalue weighted by molar-refractivity contribution is -0.120. The van der Waals surface area contributed by atoms with Crippen LogP contribution in [0.5, 0.6) is 0 Å². The maximum Gasteiger partial charge on any atom is 0.227 e. The van der Waals surface area contributed by atoms with E-state index in [1.165, 1.54) is 19.3 Å². The number of amides is 2. The van der Waals surface area contributed by atoms with Gasteiger partial charge in [-0.25, -0.2) is 0 Å². The van der Waals surface area contributed by atoms with Gasteiger partial charge in [-0.3, -0.25) is 9.59 Å². The van der Waals surface area contributed by atoms with Crippen LogP contribution in [0.1, 0.15) is 43.7 Å². The Hall–Kier alpha value is -2.66. The summed E-state index contributed by atoms with van der Waals surface area (Å²) in [5.74, 6) is 0.132. The topological polar surface area (TPSA) is 52.7 Å². The molecule has 2 amide bonds. The molecule has 160 valence electrons. The van der Waals surface area contributed by atoms with Gasteiger partial charge in [0.1, 0.15) is 0 Å². The Bertz CT molecular complexity index is 799. The molecular weight excluding hydrogens is 374 g/mol. The third-order valence-electron chi connectivity index (χ3n) is 5.60. The molecule has 2 aromatic rings. The van der Waals surface area contributed by atoms with E-state index in [0.29, 0.717) is 25.9 Å². The second-order valence-corrected chi connectivity index (χ2v) is 7.91. The Kier molecular flexibility index (Phi) is 8.45. The molecule has 1 N–H and O–H groups in total. The van der Waals surface area contributed by atoms with Crippen molar-refractivity contribution in [2.45, 2.75) is 45.6 Å². The Morgan fingerprint density at radius 1 is 0.933 bits per heavy atom. The minimum absolute atomic E-state index is 0.0468. The lowest BCUT2D eigenvalue weighted by Crippen LogP contribution is -2.38. The number of piperidine rings is 1. The van der Waals surface area contributed by atoms with Crippen molar-refractivity contribution in [1.29, 1.82) is 0 Å². The van der Waals surface area contributed by atoms with E-state index in [-0.39, 0.29) is 11.8 Å². The van der Waals surface area contributed by atoms with Gasteiger partial charge in [-0.15, -0.1) is 0 Å². The van der Waals surface area contributed by atoms with Crippen molar-refractivity contribution in [3.05, 3.63) is 65.7 Å². The number of carbonyl (C=O) groups is 2. The molecule has 30 heavy (non-hydrogen) atoms. The first-order valence-corrected chi connectivity index (χ1v) is 11.1. The zero-order valence-corrected chi connectivity index (χ0v) is 18.0. The summed E-state index contributed by atoms with van der Waals surface area (Å²) in [4.78, 5) is 29.0. The molecular formula is C25H33N3O2. The minimum atomic E-state index is 0.0468. The molecule has 3 rings (SSSR count). The number of likely N-dealkylation sites (tertiary alicyclic amines) is 1. The predicted octanol–water partition coefficient (Wildman–Crippen LogP) is 3.77. The summed E-state index contributed by atoms with van der Waals surface area (Å²) >= 11 is 0. The normalized spacial score (nSPS) is 14.3. The third kappa shape index (κ3) is 6.70. The molecule has 0 aromatic heterocycles. The number of anilines is 1. The van der Waals surface area contributed by atoms with Gasteiger partial charge in [-0.1, -0.05) is 55.8 Å². The van der Waals surface area contributed by atoms with Crippen LogP contribution in [-0.2, 0) is 22.6 Å². The van der Waals surface area contributed by atoms with E-state index < -0.39 is 0 Å². The largest absolute Gasteiger partial charge is 0.355 e. The molecule has 0 atom stereocenters. The number of hydrogen-bond donors (Lipinski definition) is 1. The number of nitrogens with zero attached hydrogens (tertiary/aromatic N) is 2. The molecule has 0 saturated carbocycles. The number of carbonyl (C=O) groups excluding carboxylic acids is 2. The Morgan fingerprint density at radius 3 is 2.30 bits per heavy atom. The van der Waals surface area contributed by atoms with E-state index in [4.69, 9.17) is 0 Å². The highest BCUT2D eigenvalue weighted by molar-refractivity contribution is 5.93. The smallest absolute Gasteiger partial charge is 0.227 e. The van der Waals surface area contributed by atoms with Gasteiger partial charge in [0.15, 0.2) is 0 Å². The second kappa shape index (κ2) is 11.5. The SMILES string of the molecule is CCC(=O)N(Cc1ccccc1)c1ccc(CC(=O)NCCN2CCCCC2)cc1. The summed E-state index contributed by atoms with van der Waals surface area (Å²) in [7, 11) is 0. The van der Waals surface area contributed by atoms with Crippen LogP contribution in [0.25, 0.3) is 0 Å². The van der Waals surface area contributed by atoms with Crippen molar-refractivity contribution in [3.8, 4) is 0 Å². The molecule has 0 aliphatic carbocycles. The quantitative estimate of drug-likeness (QED) is 0.688. The molecule has 0 radical (unpaired) electrons. The standard InChI is InChI=1S/C25H33N3O2/c1-2-25(30)28(20-22-9-5-3-6-10-22)23-13-11-21(12-14-23)19-24(29)26-15-18-27-16-7-4-8-17-27/h3,5-6,9-14H,2,4,7-8,15-20H2,1H3,(H,26,29). The lowest BCUT2D eigenvalue weighted by Gasteiger charge is -2.26. The van der Waals surface area contributed by atoms with Crippen molar-refractivity contribution in [1.82, 2.24) is 10.2 Å². The Labute approximate surface area is 180 Å². The maximum absolute atomic E-state index is 12.5. The van der Waals surface area contributed by atoms with Crippen molar-refractivity contribution in [3.63, 3.8) is 0 Å². The molecule has 0 unspecified atom stereocenters. The summed E-state index contributed by atoms with van der Waals surface area (Å²) in [6.07, 6.45) is 4.67. The number of rotatable bonds is 9. The third-order valence-corrected chi connectivity index (χ3v) is 5.60. The van der Waals surface area contributed by atoms with Gasteiger partial charge in [-0.2, -0.15) is 0 Å². The van der Waals surface area contributed by atoms with Crippen LogP contribution < -0.4 is 10.2 Å². The highest BCUT2D eigenvalue weighted by Crippen LogP contribution is 2.20. The van der Waals surface area contributed by atoms with E-state index in [1.54, 1.807) is 4.90 Å². The predicted molar refractivity (Wildman–Crippen MR) is 121 cm³/mol. The highest BCUT2D eigenvalue weighted by Gasteiger charge is 2.15. The van der Waals surface area contributed by atoms with Crippen molar-refractivity contribution in [2.75, 3.05) is 31.1 Å². The van der Waals surface area contributed by atoms with E-state index in [2.05, 4.69) is 10.2 Å². The summed E-state index contributed by atoms with van der Waals surface area (Å²) in [5, 5.41) is 3.03. The molecule has 1 fully saturated rings. The number of hydrogen-bond acceptors (Lipinski definition) is 3. The molecule has 1 heterocycles. The molecule has 1 aliphatic rings. The monoisotopic (exact) mass is 407 g/mol. The van der Waals surface area contributed by atoms with Crippen LogP contribution in [0.2, 0.25) is 0 Å². The average Bonchev–Trinajstić information content (AvgIpc) is 2.79. The fourth-order valence-electron chi connectivity index (χ4n) is 3.86. The van der Waals surface area contributed by atoms with E-state index in [0.717, 1.165) is 36.4 Å². The van der Waals surface area contributed by atoms with Gasteiger partial charge in [0.25, 0.3) is 0 Å². The molecule has 5 heteroatoms. The molecule has 1 saturated heterocycles. The molecule has 0 spiro atoms. The first-order valence-electron chi connectivity index (χ1n) is 11.1. The zero-order chi connectivity index (χ0) is 21.2. The van der Waals surface area contributed by atoms with Gasteiger partial charge in [0.05, 0.1) is 13.0 Å². The van der Waals surface area contributed by atoms with Crippen molar-refractivity contribution >= 4 is 17.5 Å². The fourth-order valence-corrected chi connectivity index (χ4v) is 3.86. The maximum atomic E-state index is 12.5. The molecule has 2 aromatic carbocycles. The average molecular weight is 408 g/mol. The number of nitrogens with one attached hydrogen (secondary N) is 1. The summed E-state index contributed by atoms with van der Waals surface area (Å²) in [6, 6.07) is 17.8. The first-order chi connectivity index (χ1) is 14.7. The Balaban J connectivity index is 1.53. The number of benzene rings is 2. The van der Waals surface area contributed by atoms with E-state index in [9.17, 15) is 9.59 Å². The van der Waals surface area contributed by atoms with Crippen LogP contribution in [-0.4, -0.2) is 42.9 Å². The van der Waals surface area contributed by atoms with Gasteiger partial charge in [0.2, 0.25) is 11.8 Å². The molecule has 5 nitrogen and oxygen atoms in total. The molecule has 1 aliphatic heterocycles.